The zero-order valence-corrected chi connectivity index (χ0v) is 7.98. The number of aliphatic hydroxyl groups excluding tert-OH is 1. The van der Waals surface area contributed by atoms with Gasteiger partial charge in [0.15, 0.2) is 0 Å². The smallest absolute Gasteiger partial charge is 0.0795 e. The average Bonchev–Trinajstić information content (AvgIpc) is 2.19. The summed E-state index contributed by atoms with van der Waals surface area (Å²) in [7, 11) is 0. The quantitative estimate of drug-likeness (QED) is 0.699. The first-order valence-corrected chi connectivity index (χ1v) is 4.59. The molecule has 0 heterocycles. The van der Waals surface area contributed by atoms with Gasteiger partial charge in [0.1, 0.15) is 0 Å². The first-order valence-electron chi connectivity index (χ1n) is 4.59. The van der Waals surface area contributed by atoms with Crippen LogP contribution in [0, 0.1) is 5.92 Å². The van der Waals surface area contributed by atoms with Crippen molar-refractivity contribution in [2.24, 2.45) is 5.92 Å². The summed E-state index contributed by atoms with van der Waals surface area (Å²) >= 11 is 0. The van der Waals surface area contributed by atoms with Crippen molar-refractivity contribution in [3.05, 3.63) is 48.6 Å². The minimum atomic E-state index is -0.366. The van der Waals surface area contributed by atoms with Crippen molar-refractivity contribution in [1.29, 1.82) is 0 Å². The Morgan fingerprint density at radius 2 is 2.00 bits per heavy atom. The van der Waals surface area contributed by atoms with Crippen LogP contribution in [0.2, 0.25) is 0 Å². The lowest BCUT2D eigenvalue weighted by atomic mass is 9.98. The van der Waals surface area contributed by atoms with Gasteiger partial charge < -0.3 is 5.11 Å². The van der Waals surface area contributed by atoms with Crippen LogP contribution in [0.1, 0.15) is 25.0 Å². The molecule has 2 atom stereocenters. The number of hydrogen-bond acceptors (Lipinski definition) is 1. The molecule has 1 rings (SSSR count). The van der Waals surface area contributed by atoms with Crippen LogP contribution >= 0.6 is 0 Å². The molecule has 0 saturated heterocycles. The van der Waals surface area contributed by atoms with Crippen LogP contribution < -0.4 is 0 Å². The second-order valence-corrected chi connectivity index (χ2v) is 3.38. The molecular weight excluding hydrogens is 160 g/mol. The van der Waals surface area contributed by atoms with Crippen LogP contribution in [0.5, 0.6) is 0 Å². The van der Waals surface area contributed by atoms with Crippen LogP contribution in [0.25, 0.3) is 0 Å². The third-order valence-electron chi connectivity index (χ3n) is 2.18. The molecule has 0 radical (unpaired) electrons. The van der Waals surface area contributed by atoms with Gasteiger partial charge in [-0.3, -0.25) is 0 Å². The van der Waals surface area contributed by atoms with Gasteiger partial charge in [-0.1, -0.05) is 43.3 Å². The van der Waals surface area contributed by atoms with E-state index >= 15 is 0 Å². The van der Waals surface area contributed by atoms with E-state index in [0.29, 0.717) is 5.92 Å². The Labute approximate surface area is 79.7 Å². The second-order valence-electron chi connectivity index (χ2n) is 3.38. The lowest BCUT2D eigenvalue weighted by molar-refractivity contribution is 0.155. The molecule has 1 aromatic rings. The molecule has 0 aromatic heterocycles. The van der Waals surface area contributed by atoms with E-state index in [-0.39, 0.29) is 6.10 Å². The molecule has 0 aliphatic carbocycles. The standard InChI is InChI=1S/C12H16O/c1-3-10(2)9-12(13)11-7-5-4-6-8-11/h3-8,10,12-13H,1,9H2,2H3/t10-,12-/m0/s1. The molecule has 13 heavy (non-hydrogen) atoms. The number of allylic oxidation sites excluding steroid dienone is 1. The van der Waals surface area contributed by atoms with E-state index < -0.39 is 0 Å². The molecule has 0 aliphatic rings. The molecule has 1 heteroatoms. The summed E-state index contributed by atoms with van der Waals surface area (Å²) in [6, 6.07) is 9.72. The normalized spacial score (nSPS) is 14.9. The highest BCUT2D eigenvalue weighted by molar-refractivity contribution is 5.17. The minimum absolute atomic E-state index is 0.357. The SMILES string of the molecule is C=C[C@H](C)C[C@H](O)c1ccccc1. The van der Waals surface area contributed by atoms with Crippen molar-refractivity contribution in [3.8, 4) is 0 Å². The molecule has 0 unspecified atom stereocenters. The van der Waals surface area contributed by atoms with Gasteiger partial charge in [-0.2, -0.15) is 0 Å². The Hall–Kier alpha value is -1.08. The molecule has 0 aliphatic heterocycles. The molecule has 1 N–H and O–H groups in total. The van der Waals surface area contributed by atoms with E-state index in [4.69, 9.17) is 0 Å². The van der Waals surface area contributed by atoms with E-state index in [1.807, 2.05) is 36.4 Å². The lowest BCUT2D eigenvalue weighted by Crippen LogP contribution is -2.01. The highest BCUT2D eigenvalue weighted by Gasteiger charge is 2.09. The van der Waals surface area contributed by atoms with Crippen molar-refractivity contribution in [2.75, 3.05) is 0 Å². The molecule has 0 saturated carbocycles. The van der Waals surface area contributed by atoms with Crippen molar-refractivity contribution in [2.45, 2.75) is 19.4 Å². The third kappa shape index (κ3) is 3.03. The minimum Gasteiger partial charge on any atom is -0.388 e. The van der Waals surface area contributed by atoms with E-state index in [0.717, 1.165) is 12.0 Å². The molecule has 0 amide bonds. The van der Waals surface area contributed by atoms with Crippen molar-refractivity contribution >= 4 is 0 Å². The van der Waals surface area contributed by atoms with E-state index in [9.17, 15) is 5.11 Å². The van der Waals surface area contributed by atoms with Crippen LogP contribution in [-0.2, 0) is 0 Å². The number of rotatable bonds is 4. The van der Waals surface area contributed by atoms with Gasteiger partial charge in [0.05, 0.1) is 6.10 Å². The van der Waals surface area contributed by atoms with Gasteiger partial charge in [0, 0.05) is 0 Å². The van der Waals surface area contributed by atoms with Crippen LogP contribution in [0.4, 0.5) is 0 Å². The maximum atomic E-state index is 9.77. The summed E-state index contributed by atoms with van der Waals surface area (Å²) in [6.07, 6.45) is 2.24. The fourth-order valence-electron chi connectivity index (χ4n) is 1.26. The van der Waals surface area contributed by atoms with Crippen molar-refractivity contribution in [3.63, 3.8) is 0 Å². The zero-order chi connectivity index (χ0) is 9.68. The average molecular weight is 176 g/mol. The van der Waals surface area contributed by atoms with E-state index in [2.05, 4.69) is 13.5 Å². The second kappa shape index (κ2) is 4.83. The fraction of sp³-hybridized carbons (Fsp3) is 0.333. The van der Waals surface area contributed by atoms with E-state index in [1.165, 1.54) is 0 Å². The Balaban J connectivity index is 2.58. The topological polar surface area (TPSA) is 20.2 Å². The van der Waals surface area contributed by atoms with Crippen molar-refractivity contribution < 1.29 is 5.11 Å². The molecule has 0 spiro atoms. The number of hydrogen-bond donors (Lipinski definition) is 1. The van der Waals surface area contributed by atoms with Crippen LogP contribution in [0.3, 0.4) is 0 Å². The highest BCUT2D eigenvalue weighted by atomic mass is 16.3. The Morgan fingerprint density at radius 1 is 1.38 bits per heavy atom. The lowest BCUT2D eigenvalue weighted by Gasteiger charge is -2.13. The summed E-state index contributed by atoms with van der Waals surface area (Å²) in [6.45, 7) is 5.75. The molecule has 1 aromatic carbocycles. The summed E-state index contributed by atoms with van der Waals surface area (Å²) < 4.78 is 0. The summed E-state index contributed by atoms with van der Waals surface area (Å²) in [5.41, 5.74) is 0.983. The van der Waals surface area contributed by atoms with Gasteiger partial charge in [-0.25, -0.2) is 0 Å². The monoisotopic (exact) mass is 176 g/mol. The Kier molecular flexibility index (Phi) is 3.71. The molecule has 0 bridgehead atoms. The molecule has 1 nitrogen and oxygen atoms in total. The largest absolute Gasteiger partial charge is 0.388 e. The van der Waals surface area contributed by atoms with Crippen molar-refractivity contribution in [1.82, 2.24) is 0 Å². The third-order valence-corrected chi connectivity index (χ3v) is 2.18. The fourth-order valence-corrected chi connectivity index (χ4v) is 1.26. The Bertz CT molecular complexity index is 253. The van der Waals surface area contributed by atoms with Gasteiger partial charge in [-0.05, 0) is 17.9 Å². The summed E-state index contributed by atoms with van der Waals surface area (Å²) in [4.78, 5) is 0. The first-order chi connectivity index (χ1) is 6.24. The molecule has 70 valence electrons. The maximum Gasteiger partial charge on any atom is 0.0795 e. The maximum absolute atomic E-state index is 9.77. The predicted octanol–water partition coefficient (Wildman–Crippen LogP) is 2.93. The summed E-state index contributed by atoms with van der Waals surface area (Å²) in [5, 5.41) is 9.77. The predicted molar refractivity (Wildman–Crippen MR) is 55.4 cm³/mol. The van der Waals surface area contributed by atoms with Gasteiger partial charge in [-0.15, -0.1) is 6.58 Å². The van der Waals surface area contributed by atoms with Crippen LogP contribution in [-0.4, -0.2) is 5.11 Å². The zero-order valence-electron chi connectivity index (χ0n) is 7.98. The first kappa shape index (κ1) is 10.0. The summed E-state index contributed by atoms with van der Waals surface area (Å²) in [5.74, 6) is 0.357. The number of aliphatic hydroxyl groups is 1. The van der Waals surface area contributed by atoms with Gasteiger partial charge in [0.2, 0.25) is 0 Å². The number of benzene rings is 1. The van der Waals surface area contributed by atoms with Gasteiger partial charge in [0.25, 0.3) is 0 Å². The molecular formula is C12H16O. The van der Waals surface area contributed by atoms with Gasteiger partial charge >= 0.3 is 0 Å². The van der Waals surface area contributed by atoms with Crippen LogP contribution in [0.15, 0.2) is 43.0 Å². The Morgan fingerprint density at radius 3 is 2.54 bits per heavy atom. The highest BCUT2D eigenvalue weighted by Crippen LogP contribution is 2.20. The van der Waals surface area contributed by atoms with E-state index in [1.54, 1.807) is 0 Å². The molecule has 0 fully saturated rings.